The normalized spacial score (nSPS) is 22.8. The zero-order chi connectivity index (χ0) is 25.0. The number of amides is 1. The van der Waals surface area contributed by atoms with Crippen LogP contribution < -0.4 is 10.2 Å². The molecule has 5 nitrogen and oxygen atoms in total. The first-order valence-electron chi connectivity index (χ1n) is 12.4. The molecule has 0 radical (unpaired) electrons. The molecule has 1 aliphatic carbocycles. The van der Waals surface area contributed by atoms with E-state index in [1.165, 1.54) is 17.5 Å². The molecule has 0 spiro atoms. The van der Waals surface area contributed by atoms with E-state index < -0.39 is 0 Å². The number of nitrogens with zero attached hydrogens (tertiary/aromatic N) is 3. The molecular formula is C29H33ClN4O. The van der Waals surface area contributed by atoms with E-state index in [1.807, 2.05) is 35.4 Å². The quantitative estimate of drug-likeness (QED) is 0.438. The number of aromatic nitrogens is 2. The highest BCUT2D eigenvalue weighted by molar-refractivity contribution is 6.30. The Morgan fingerprint density at radius 3 is 2.60 bits per heavy atom. The largest absolute Gasteiger partial charge is 0.324 e. The summed E-state index contributed by atoms with van der Waals surface area (Å²) in [5.41, 5.74) is 5.89. The van der Waals surface area contributed by atoms with Crippen molar-refractivity contribution in [3.8, 4) is 0 Å². The van der Waals surface area contributed by atoms with Crippen molar-refractivity contribution in [2.45, 2.75) is 71.3 Å². The topological polar surface area (TPSA) is 58.1 Å². The lowest BCUT2D eigenvalue weighted by Gasteiger charge is -2.51. The van der Waals surface area contributed by atoms with Crippen LogP contribution >= 0.6 is 11.6 Å². The molecule has 182 valence electrons. The molecule has 5 rings (SSSR count). The van der Waals surface area contributed by atoms with Crippen LogP contribution in [0.3, 0.4) is 0 Å². The van der Waals surface area contributed by atoms with Gasteiger partial charge in [-0.25, -0.2) is 9.97 Å². The molecule has 2 atom stereocenters. The first kappa shape index (κ1) is 23.8. The molecule has 1 amide bonds. The predicted octanol–water partition coefficient (Wildman–Crippen LogP) is 6.84. The van der Waals surface area contributed by atoms with Gasteiger partial charge in [0.15, 0.2) is 0 Å². The minimum Gasteiger partial charge on any atom is -0.324 e. The summed E-state index contributed by atoms with van der Waals surface area (Å²) in [4.78, 5) is 24.1. The van der Waals surface area contributed by atoms with Crippen LogP contribution in [0.4, 0.5) is 17.3 Å². The average molecular weight is 489 g/mol. The second kappa shape index (κ2) is 8.63. The second-order valence-electron chi connectivity index (χ2n) is 11.1. The van der Waals surface area contributed by atoms with Gasteiger partial charge in [-0.15, -0.1) is 0 Å². The van der Waals surface area contributed by atoms with Gasteiger partial charge in [-0.05, 0) is 92.5 Å². The molecule has 2 heterocycles. The Balaban J connectivity index is 1.58. The van der Waals surface area contributed by atoms with E-state index in [9.17, 15) is 4.79 Å². The number of rotatable bonds is 3. The van der Waals surface area contributed by atoms with Crippen molar-refractivity contribution in [2.75, 3.05) is 10.2 Å². The summed E-state index contributed by atoms with van der Waals surface area (Å²) in [5.74, 6) is 1.35. The number of carbonyl (C=O) groups excluding carboxylic acids is 1. The molecule has 0 saturated heterocycles. The van der Waals surface area contributed by atoms with E-state index in [0.29, 0.717) is 16.9 Å². The van der Waals surface area contributed by atoms with E-state index in [2.05, 4.69) is 56.2 Å². The lowest BCUT2D eigenvalue weighted by molar-refractivity contribution is -0.117. The molecule has 2 unspecified atom stereocenters. The number of nitrogens with one attached hydrogen (secondary N) is 1. The molecule has 0 fully saturated rings. The van der Waals surface area contributed by atoms with Crippen molar-refractivity contribution in [2.24, 2.45) is 5.92 Å². The zero-order valence-electron chi connectivity index (χ0n) is 21.2. The van der Waals surface area contributed by atoms with Crippen LogP contribution in [0.1, 0.15) is 69.8 Å². The van der Waals surface area contributed by atoms with Gasteiger partial charge in [-0.3, -0.25) is 4.79 Å². The third kappa shape index (κ3) is 4.31. The van der Waals surface area contributed by atoms with Gasteiger partial charge in [0, 0.05) is 46.2 Å². The lowest BCUT2D eigenvalue weighted by Crippen LogP contribution is -2.55. The molecule has 35 heavy (non-hydrogen) atoms. The van der Waals surface area contributed by atoms with Crippen LogP contribution in [0, 0.1) is 5.92 Å². The van der Waals surface area contributed by atoms with Crippen LogP contribution in [0.2, 0.25) is 5.02 Å². The van der Waals surface area contributed by atoms with Gasteiger partial charge in [0.05, 0.1) is 0 Å². The fourth-order valence-electron chi connectivity index (χ4n) is 6.17. The Morgan fingerprint density at radius 2 is 1.89 bits per heavy atom. The Hall–Kier alpha value is -2.92. The van der Waals surface area contributed by atoms with Crippen molar-refractivity contribution in [3.05, 3.63) is 76.1 Å². The van der Waals surface area contributed by atoms with Crippen molar-refractivity contribution in [1.29, 1.82) is 0 Å². The maximum atomic E-state index is 12.8. The highest BCUT2D eigenvalue weighted by atomic mass is 35.5. The minimum absolute atomic E-state index is 0.0439. The maximum absolute atomic E-state index is 12.8. The number of anilines is 3. The van der Waals surface area contributed by atoms with Gasteiger partial charge in [0.1, 0.15) is 0 Å². The molecule has 3 aromatic rings. The van der Waals surface area contributed by atoms with Gasteiger partial charge in [-0.1, -0.05) is 37.6 Å². The molecule has 1 aliphatic heterocycles. The predicted molar refractivity (Wildman–Crippen MR) is 143 cm³/mol. The van der Waals surface area contributed by atoms with Gasteiger partial charge >= 0.3 is 0 Å². The van der Waals surface area contributed by atoms with Crippen LogP contribution in [0.15, 0.2) is 48.7 Å². The number of hydrogen-bond acceptors (Lipinski definition) is 4. The molecule has 1 N–H and O–H groups in total. The number of aryl methyl sites for hydroxylation is 1. The average Bonchev–Trinajstić information content (AvgIpc) is 2.79. The summed E-state index contributed by atoms with van der Waals surface area (Å²) in [6, 6.07) is 14.3. The maximum Gasteiger partial charge on any atom is 0.227 e. The summed E-state index contributed by atoms with van der Waals surface area (Å²) in [7, 11) is 0. The van der Waals surface area contributed by atoms with E-state index >= 15 is 0 Å². The summed E-state index contributed by atoms with van der Waals surface area (Å²) < 4.78 is 0. The third-order valence-electron chi connectivity index (χ3n) is 7.67. The van der Waals surface area contributed by atoms with Crippen molar-refractivity contribution >= 4 is 34.8 Å². The van der Waals surface area contributed by atoms with Crippen LogP contribution in [-0.4, -0.2) is 21.4 Å². The second-order valence-corrected chi connectivity index (χ2v) is 11.5. The molecular weight excluding hydrogens is 456 g/mol. The molecule has 0 saturated carbocycles. The Labute approximate surface area is 212 Å². The fraction of sp³-hybridized carbons (Fsp3) is 0.414. The third-order valence-corrected chi connectivity index (χ3v) is 7.92. The van der Waals surface area contributed by atoms with Crippen LogP contribution in [0.25, 0.3) is 0 Å². The summed E-state index contributed by atoms with van der Waals surface area (Å²) in [6.07, 6.45) is 5.96. The Bertz CT molecular complexity index is 1290. The fourth-order valence-corrected chi connectivity index (χ4v) is 6.29. The molecule has 6 heteroatoms. The molecule has 2 aromatic carbocycles. The zero-order valence-corrected chi connectivity index (χ0v) is 21.9. The summed E-state index contributed by atoms with van der Waals surface area (Å²) in [5, 5.41) is 4.15. The summed E-state index contributed by atoms with van der Waals surface area (Å²) in [6.45, 7) is 10.5. The number of hydrogen-bond donors (Lipinski definition) is 1. The van der Waals surface area contributed by atoms with Crippen molar-refractivity contribution in [3.63, 3.8) is 0 Å². The van der Waals surface area contributed by atoms with Crippen molar-refractivity contribution in [1.82, 2.24) is 9.97 Å². The van der Waals surface area contributed by atoms with Crippen LogP contribution in [-0.2, 0) is 23.1 Å². The highest BCUT2D eigenvalue weighted by Gasteiger charge is 2.47. The molecule has 1 aromatic heterocycles. The monoisotopic (exact) mass is 488 g/mol. The van der Waals surface area contributed by atoms with Crippen molar-refractivity contribution < 1.29 is 4.79 Å². The molecule has 0 bridgehead atoms. The number of fused-ring (bicyclic) bond motifs is 2. The SMILES string of the molecule is CC(=O)N1c2ccc(Nc3ncc4c(n3)CCC(C)C4)cc2C(C)(c2ccc(Cl)cc2)CC1(C)C. The first-order chi connectivity index (χ1) is 16.6. The standard InChI is InChI=1S/C29H33ClN4O/c1-18-6-12-25-20(14-18)16-31-27(33-25)32-23-11-13-26-24(15-23)29(5,21-7-9-22(30)10-8-21)17-28(3,4)34(26)19(2)35/h7-11,13,15-16,18H,6,12,14,17H2,1-5H3,(H,31,32,33). The Morgan fingerprint density at radius 1 is 1.14 bits per heavy atom. The van der Waals surface area contributed by atoms with E-state index in [0.717, 1.165) is 41.9 Å². The first-order valence-corrected chi connectivity index (χ1v) is 12.8. The van der Waals surface area contributed by atoms with Crippen LogP contribution in [0.5, 0.6) is 0 Å². The number of halogens is 1. The number of carbonyl (C=O) groups is 1. The number of benzene rings is 2. The van der Waals surface area contributed by atoms with E-state index in [1.54, 1.807) is 6.92 Å². The lowest BCUT2D eigenvalue weighted by atomic mass is 9.65. The van der Waals surface area contributed by atoms with E-state index in [-0.39, 0.29) is 16.9 Å². The van der Waals surface area contributed by atoms with Gasteiger partial charge in [0.25, 0.3) is 0 Å². The van der Waals surface area contributed by atoms with E-state index in [4.69, 9.17) is 16.6 Å². The molecule has 2 aliphatic rings. The van der Waals surface area contributed by atoms with Gasteiger partial charge < -0.3 is 10.2 Å². The minimum atomic E-state index is -0.346. The van der Waals surface area contributed by atoms with Gasteiger partial charge in [0.2, 0.25) is 11.9 Å². The van der Waals surface area contributed by atoms with Gasteiger partial charge in [-0.2, -0.15) is 0 Å². The summed E-state index contributed by atoms with van der Waals surface area (Å²) >= 11 is 6.21. The smallest absolute Gasteiger partial charge is 0.227 e. The Kier molecular flexibility index (Phi) is 5.87. The highest BCUT2D eigenvalue weighted by Crippen LogP contribution is 2.51.